The Bertz CT molecular complexity index is 1640. The molecular weight excluding hydrogens is 545 g/mol. The molecule has 2 heterocycles. The third kappa shape index (κ3) is 5.76. The van der Waals surface area contributed by atoms with E-state index in [0.717, 1.165) is 32.0 Å². The summed E-state index contributed by atoms with van der Waals surface area (Å²) >= 11 is 19.3. The lowest BCUT2D eigenvalue weighted by molar-refractivity contribution is -0.115. The van der Waals surface area contributed by atoms with Crippen LogP contribution in [-0.2, 0) is 4.79 Å². The summed E-state index contributed by atoms with van der Waals surface area (Å²) in [6.45, 7) is 1.98. The molecule has 0 saturated carbocycles. The van der Waals surface area contributed by atoms with Gasteiger partial charge in [-0.25, -0.2) is 4.98 Å². The number of thiazole rings is 1. The highest BCUT2D eigenvalue weighted by Crippen LogP contribution is 2.35. The van der Waals surface area contributed by atoms with E-state index in [1.54, 1.807) is 41.7 Å². The molecule has 2 aromatic heterocycles. The van der Waals surface area contributed by atoms with Crippen molar-refractivity contribution in [3.05, 3.63) is 100 Å². The first-order chi connectivity index (χ1) is 17.9. The Kier molecular flexibility index (Phi) is 7.39. The van der Waals surface area contributed by atoms with Crippen LogP contribution in [0.15, 0.2) is 83.3 Å². The predicted octanol–water partition coefficient (Wildman–Crippen LogP) is 8.36. The Morgan fingerprint density at radius 1 is 1.05 bits per heavy atom. The van der Waals surface area contributed by atoms with Crippen LogP contribution in [0.1, 0.15) is 11.3 Å². The van der Waals surface area contributed by atoms with Crippen molar-refractivity contribution < 1.29 is 9.21 Å². The van der Waals surface area contributed by atoms with Crippen LogP contribution < -0.4 is 10.6 Å². The fraction of sp³-hybridized carbons (Fsp3) is 0.0357. The van der Waals surface area contributed by atoms with Gasteiger partial charge < -0.3 is 9.73 Å². The zero-order valence-corrected chi connectivity index (χ0v) is 22.6. The Labute approximate surface area is 232 Å². The van der Waals surface area contributed by atoms with Crippen molar-refractivity contribution >= 4 is 79.8 Å². The van der Waals surface area contributed by atoms with Crippen LogP contribution in [0, 0.1) is 6.92 Å². The molecule has 0 aliphatic carbocycles. The smallest absolute Gasteiger partial charge is 0.250 e. The number of hydrogen-bond acceptors (Lipinski definition) is 5. The van der Waals surface area contributed by atoms with Gasteiger partial charge in [-0.2, -0.15) is 0 Å². The molecule has 2 N–H and O–H groups in total. The molecule has 9 heteroatoms. The summed E-state index contributed by atoms with van der Waals surface area (Å²) in [6, 6.07) is 22.8. The normalized spacial score (nSPS) is 11.2. The summed E-state index contributed by atoms with van der Waals surface area (Å²) in [4.78, 5) is 17.1. The van der Waals surface area contributed by atoms with E-state index in [2.05, 4.69) is 16.7 Å². The van der Waals surface area contributed by atoms with Gasteiger partial charge >= 0.3 is 0 Å². The summed E-state index contributed by atoms with van der Waals surface area (Å²) in [5, 5.41) is 7.72. The predicted molar refractivity (Wildman–Crippen MR) is 157 cm³/mol. The standard InChI is InChI=1S/C28H19Cl2N3O2S2/c1-16-15-17(27-31-22-7-2-3-8-24(22)37-27)9-12-21(16)32-28(36)33-25(34)14-11-18-10-13-23(35-18)19-5-4-6-20(29)26(19)30/h2-15H,1H3,(H2,32,33,34,36). The van der Waals surface area contributed by atoms with Crippen molar-refractivity contribution in [2.45, 2.75) is 6.92 Å². The van der Waals surface area contributed by atoms with E-state index in [1.807, 2.05) is 49.4 Å². The molecule has 1 amide bonds. The number of benzene rings is 3. The van der Waals surface area contributed by atoms with Crippen LogP contribution in [0.2, 0.25) is 10.0 Å². The van der Waals surface area contributed by atoms with E-state index in [4.69, 9.17) is 44.8 Å². The Morgan fingerprint density at radius 3 is 2.70 bits per heavy atom. The maximum absolute atomic E-state index is 12.4. The molecule has 5 nitrogen and oxygen atoms in total. The number of fused-ring (bicyclic) bond motifs is 1. The average Bonchev–Trinajstić information content (AvgIpc) is 3.53. The number of nitrogens with zero attached hydrogens (tertiary/aromatic N) is 1. The first kappa shape index (κ1) is 25.2. The van der Waals surface area contributed by atoms with E-state index in [0.29, 0.717) is 27.1 Å². The summed E-state index contributed by atoms with van der Waals surface area (Å²) in [5.74, 6) is 0.649. The molecule has 3 aromatic carbocycles. The number of anilines is 1. The monoisotopic (exact) mass is 563 g/mol. The van der Waals surface area contributed by atoms with E-state index < -0.39 is 0 Å². The minimum absolute atomic E-state index is 0.191. The van der Waals surface area contributed by atoms with Crippen LogP contribution in [0.5, 0.6) is 0 Å². The molecule has 0 fully saturated rings. The van der Waals surface area contributed by atoms with Gasteiger partial charge in [0.15, 0.2) is 5.11 Å². The lowest BCUT2D eigenvalue weighted by Crippen LogP contribution is -2.33. The number of carbonyl (C=O) groups is 1. The third-order valence-corrected chi connectivity index (χ3v) is 7.60. The van der Waals surface area contributed by atoms with Crippen molar-refractivity contribution in [1.82, 2.24) is 10.3 Å². The lowest BCUT2D eigenvalue weighted by Gasteiger charge is -2.11. The molecule has 0 aliphatic rings. The van der Waals surface area contributed by atoms with Crippen LogP contribution >= 0.6 is 46.8 Å². The van der Waals surface area contributed by atoms with Crippen molar-refractivity contribution in [2.75, 3.05) is 5.32 Å². The number of halogens is 2. The second kappa shape index (κ2) is 10.9. The number of nitrogens with one attached hydrogen (secondary N) is 2. The van der Waals surface area contributed by atoms with E-state index in [1.165, 1.54) is 6.08 Å². The van der Waals surface area contributed by atoms with Crippen molar-refractivity contribution in [3.8, 4) is 21.9 Å². The van der Waals surface area contributed by atoms with Crippen LogP contribution in [0.3, 0.4) is 0 Å². The molecule has 0 saturated heterocycles. The average molecular weight is 565 g/mol. The number of furan rings is 1. The molecule has 5 aromatic rings. The van der Waals surface area contributed by atoms with Gasteiger partial charge in [-0.1, -0.05) is 41.4 Å². The molecule has 184 valence electrons. The number of amides is 1. The Hall–Kier alpha value is -3.49. The number of aryl methyl sites for hydroxylation is 1. The first-order valence-corrected chi connectivity index (χ1v) is 13.2. The van der Waals surface area contributed by atoms with Crippen molar-refractivity contribution in [3.63, 3.8) is 0 Å². The van der Waals surface area contributed by atoms with E-state index in [9.17, 15) is 4.79 Å². The molecule has 0 aliphatic heterocycles. The summed E-state index contributed by atoms with van der Waals surface area (Å²) in [6.07, 6.45) is 2.90. The molecule has 37 heavy (non-hydrogen) atoms. The Balaban J connectivity index is 1.20. The maximum atomic E-state index is 12.4. The minimum atomic E-state index is -0.389. The fourth-order valence-electron chi connectivity index (χ4n) is 3.68. The molecule has 0 radical (unpaired) electrons. The molecule has 5 rings (SSSR count). The lowest BCUT2D eigenvalue weighted by atomic mass is 10.1. The number of thiocarbonyl (C=S) groups is 1. The number of rotatable bonds is 5. The Morgan fingerprint density at radius 2 is 1.89 bits per heavy atom. The van der Waals surface area contributed by atoms with Crippen LogP contribution in [0.4, 0.5) is 5.69 Å². The van der Waals surface area contributed by atoms with Gasteiger partial charge in [0.05, 0.1) is 20.3 Å². The number of hydrogen-bond donors (Lipinski definition) is 2. The summed E-state index contributed by atoms with van der Waals surface area (Å²) in [5.41, 5.74) is 4.46. The van der Waals surface area contributed by atoms with Gasteiger partial charge in [0.25, 0.3) is 0 Å². The van der Waals surface area contributed by atoms with Crippen LogP contribution in [0.25, 0.3) is 38.2 Å². The second-order valence-corrected chi connectivity index (χ2v) is 10.3. The molecule has 0 bridgehead atoms. The van der Waals surface area contributed by atoms with Gasteiger partial charge in [-0.05, 0) is 85.4 Å². The number of carbonyl (C=O) groups excluding carboxylic acids is 1. The van der Waals surface area contributed by atoms with E-state index in [-0.39, 0.29) is 11.0 Å². The van der Waals surface area contributed by atoms with Crippen molar-refractivity contribution in [2.24, 2.45) is 0 Å². The van der Waals surface area contributed by atoms with Gasteiger partial charge in [0, 0.05) is 22.9 Å². The van der Waals surface area contributed by atoms with Gasteiger partial charge in [-0.3, -0.25) is 10.1 Å². The zero-order chi connectivity index (χ0) is 25.9. The van der Waals surface area contributed by atoms with Gasteiger partial charge in [-0.15, -0.1) is 11.3 Å². The maximum Gasteiger partial charge on any atom is 0.250 e. The largest absolute Gasteiger partial charge is 0.457 e. The molecule has 0 unspecified atom stereocenters. The molecule has 0 spiro atoms. The van der Waals surface area contributed by atoms with Crippen molar-refractivity contribution in [1.29, 1.82) is 0 Å². The topological polar surface area (TPSA) is 67.2 Å². The minimum Gasteiger partial charge on any atom is -0.457 e. The quantitative estimate of drug-likeness (QED) is 0.166. The molecular formula is C28H19Cl2N3O2S2. The highest BCUT2D eigenvalue weighted by Gasteiger charge is 2.11. The summed E-state index contributed by atoms with van der Waals surface area (Å²) < 4.78 is 6.92. The van der Waals surface area contributed by atoms with Gasteiger partial charge in [0.2, 0.25) is 5.91 Å². The van der Waals surface area contributed by atoms with E-state index >= 15 is 0 Å². The zero-order valence-electron chi connectivity index (χ0n) is 19.4. The number of aromatic nitrogens is 1. The highest BCUT2D eigenvalue weighted by molar-refractivity contribution is 7.80. The third-order valence-electron chi connectivity index (χ3n) is 5.49. The second-order valence-electron chi connectivity index (χ2n) is 8.10. The highest BCUT2D eigenvalue weighted by atomic mass is 35.5. The fourth-order valence-corrected chi connectivity index (χ4v) is 5.25. The first-order valence-electron chi connectivity index (χ1n) is 11.2. The van der Waals surface area contributed by atoms with Crippen LogP contribution in [-0.4, -0.2) is 16.0 Å². The SMILES string of the molecule is Cc1cc(-c2nc3ccccc3s2)ccc1NC(=S)NC(=O)C=Cc1ccc(-c2cccc(Cl)c2Cl)o1. The summed E-state index contributed by atoms with van der Waals surface area (Å²) in [7, 11) is 0. The number of para-hydroxylation sites is 1. The van der Waals surface area contributed by atoms with Gasteiger partial charge in [0.1, 0.15) is 16.5 Å². The molecule has 0 atom stereocenters.